The molecule has 0 aliphatic carbocycles. The van der Waals surface area contributed by atoms with Gasteiger partial charge in [0.15, 0.2) is 11.6 Å². The molecule has 2 aromatic carbocycles. The molecule has 0 amide bonds. The number of methoxy groups -OCH3 is 1. The molecule has 27 heavy (non-hydrogen) atoms. The number of anilines is 3. The summed E-state index contributed by atoms with van der Waals surface area (Å²) in [5, 5.41) is 10.9. The van der Waals surface area contributed by atoms with Crippen LogP contribution in [0.4, 0.5) is 21.7 Å². The molecule has 1 heterocycles. The fourth-order valence-electron chi connectivity index (χ4n) is 2.32. The molecule has 9 heteroatoms. The van der Waals surface area contributed by atoms with Crippen LogP contribution in [-0.2, 0) is 10.0 Å². The number of hydrogen-bond donors (Lipinski definition) is 2. The quantitative estimate of drug-likeness (QED) is 0.672. The van der Waals surface area contributed by atoms with Gasteiger partial charge in [-0.1, -0.05) is 12.1 Å². The van der Waals surface area contributed by atoms with E-state index in [9.17, 15) is 12.8 Å². The first-order chi connectivity index (χ1) is 12.9. The van der Waals surface area contributed by atoms with Gasteiger partial charge >= 0.3 is 0 Å². The maximum Gasteiger partial charge on any atom is 0.263 e. The zero-order chi connectivity index (χ0) is 19.4. The van der Waals surface area contributed by atoms with Crippen LogP contribution >= 0.6 is 0 Å². The molecule has 0 saturated carbocycles. The summed E-state index contributed by atoms with van der Waals surface area (Å²) in [5.74, 6) is 0.624. The van der Waals surface area contributed by atoms with Crippen LogP contribution < -0.4 is 14.8 Å². The lowest BCUT2D eigenvalue weighted by Gasteiger charge is -2.11. The summed E-state index contributed by atoms with van der Waals surface area (Å²) in [5.41, 5.74) is 0.935. The van der Waals surface area contributed by atoms with Crippen LogP contribution in [0.1, 0.15) is 5.56 Å². The number of nitrogens with zero attached hydrogens (tertiary/aromatic N) is 2. The highest BCUT2D eigenvalue weighted by Crippen LogP contribution is 2.26. The molecule has 0 bridgehead atoms. The number of benzene rings is 2. The molecule has 0 radical (unpaired) electrons. The number of para-hydroxylation sites is 2. The van der Waals surface area contributed by atoms with Crippen molar-refractivity contribution in [1.29, 1.82) is 0 Å². The van der Waals surface area contributed by atoms with E-state index in [1.807, 2.05) is 18.2 Å². The van der Waals surface area contributed by atoms with Crippen LogP contribution in [0.15, 0.2) is 59.5 Å². The second-order valence-corrected chi connectivity index (χ2v) is 7.33. The number of hydrogen-bond acceptors (Lipinski definition) is 6. The van der Waals surface area contributed by atoms with E-state index in [4.69, 9.17) is 4.74 Å². The summed E-state index contributed by atoms with van der Waals surface area (Å²) in [7, 11) is -2.34. The van der Waals surface area contributed by atoms with Crippen molar-refractivity contribution in [2.24, 2.45) is 0 Å². The minimum absolute atomic E-state index is 0.0440. The topological polar surface area (TPSA) is 93.2 Å². The molecule has 3 rings (SSSR count). The van der Waals surface area contributed by atoms with Crippen molar-refractivity contribution in [3.63, 3.8) is 0 Å². The number of aromatic nitrogens is 2. The van der Waals surface area contributed by atoms with Crippen LogP contribution in [0.25, 0.3) is 0 Å². The first kappa shape index (κ1) is 18.6. The Balaban J connectivity index is 1.76. The summed E-state index contributed by atoms with van der Waals surface area (Å²) in [6.45, 7) is 1.49. The fourth-order valence-corrected chi connectivity index (χ4v) is 3.40. The Bertz CT molecular complexity index is 1060. The number of ether oxygens (including phenoxy) is 1. The molecular formula is C18H17FN4O3S. The molecule has 3 aromatic rings. The van der Waals surface area contributed by atoms with Crippen LogP contribution in [-0.4, -0.2) is 25.7 Å². The van der Waals surface area contributed by atoms with Gasteiger partial charge in [0.2, 0.25) is 0 Å². The normalized spacial score (nSPS) is 11.1. The summed E-state index contributed by atoms with van der Waals surface area (Å²) in [6.07, 6.45) is 0. The first-order valence-corrected chi connectivity index (χ1v) is 9.40. The average Bonchev–Trinajstić information content (AvgIpc) is 2.65. The van der Waals surface area contributed by atoms with Crippen molar-refractivity contribution in [2.75, 3.05) is 17.1 Å². The van der Waals surface area contributed by atoms with Crippen molar-refractivity contribution in [3.05, 3.63) is 66.0 Å². The van der Waals surface area contributed by atoms with Gasteiger partial charge in [-0.15, -0.1) is 10.2 Å². The molecule has 0 spiro atoms. The lowest BCUT2D eigenvalue weighted by molar-refractivity contribution is 0.417. The molecule has 7 nitrogen and oxygen atoms in total. The van der Waals surface area contributed by atoms with E-state index in [-0.39, 0.29) is 16.3 Å². The molecule has 0 atom stereocenters. The largest absolute Gasteiger partial charge is 0.495 e. The van der Waals surface area contributed by atoms with Crippen molar-refractivity contribution in [1.82, 2.24) is 10.2 Å². The van der Waals surface area contributed by atoms with Crippen molar-refractivity contribution in [3.8, 4) is 5.75 Å². The Hall–Kier alpha value is -3.20. The van der Waals surface area contributed by atoms with Gasteiger partial charge in [0, 0.05) is 0 Å². The monoisotopic (exact) mass is 388 g/mol. The Morgan fingerprint density at radius 1 is 1.00 bits per heavy atom. The average molecular weight is 388 g/mol. The van der Waals surface area contributed by atoms with E-state index in [0.717, 1.165) is 6.07 Å². The lowest BCUT2D eigenvalue weighted by Crippen LogP contribution is -2.14. The van der Waals surface area contributed by atoms with Gasteiger partial charge in [-0.3, -0.25) is 4.72 Å². The molecule has 0 unspecified atom stereocenters. The standard InChI is InChI=1S/C18H17FN4O3S/c1-12-11-13(7-8-14(12)19)27(24,25)23-18-10-9-17(21-22-18)20-15-5-3-4-6-16(15)26-2/h3-11H,1-2H3,(H,20,21)(H,22,23). The van der Waals surface area contributed by atoms with Crippen LogP contribution in [0.3, 0.4) is 0 Å². The van der Waals surface area contributed by atoms with E-state index in [2.05, 4.69) is 20.2 Å². The number of nitrogens with one attached hydrogen (secondary N) is 2. The Morgan fingerprint density at radius 3 is 2.37 bits per heavy atom. The van der Waals surface area contributed by atoms with E-state index in [1.165, 1.54) is 25.1 Å². The molecule has 1 aromatic heterocycles. The number of sulfonamides is 1. The second-order valence-electron chi connectivity index (χ2n) is 5.65. The molecular weight excluding hydrogens is 371 g/mol. The van der Waals surface area contributed by atoms with Gasteiger partial charge in [-0.05, 0) is 55.0 Å². The lowest BCUT2D eigenvalue weighted by atomic mass is 10.2. The highest BCUT2D eigenvalue weighted by Gasteiger charge is 2.16. The van der Waals surface area contributed by atoms with Crippen LogP contribution in [0.2, 0.25) is 0 Å². The Kier molecular flexibility index (Phi) is 5.22. The van der Waals surface area contributed by atoms with Gasteiger partial charge < -0.3 is 10.1 Å². The molecule has 0 fully saturated rings. The van der Waals surface area contributed by atoms with Gasteiger partial charge in [0.25, 0.3) is 10.0 Å². The summed E-state index contributed by atoms with van der Waals surface area (Å²) >= 11 is 0. The molecule has 0 aliphatic rings. The van der Waals surface area contributed by atoms with Crippen molar-refractivity contribution >= 4 is 27.3 Å². The van der Waals surface area contributed by atoms with Crippen molar-refractivity contribution in [2.45, 2.75) is 11.8 Å². The fraction of sp³-hybridized carbons (Fsp3) is 0.111. The molecule has 0 saturated heterocycles. The third kappa shape index (κ3) is 4.32. The van der Waals surface area contributed by atoms with Gasteiger partial charge in [-0.25, -0.2) is 12.8 Å². The first-order valence-electron chi connectivity index (χ1n) is 7.92. The Morgan fingerprint density at radius 2 is 1.70 bits per heavy atom. The molecule has 140 valence electrons. The third-order valence-corrected chi connectivity index (χ3v) is 5.07. The highest BCUT2D eigenvalue weighted by molar-refractivity contribution is 7.92. The van der Waals surface area contributed by atoms with Crippen molar-refractivity contribution < 1.29 is 17.5 Å². The second kappa shape index (κ2) is 7.58. The number of halogens is 1. The number of rotatable bonds is 6. The van der Waals surface area contributed by atoms with Crippen LogP contribution in [0, 0.1) is 12.7 Å². The summed E-state index contributed by atoms with van der Waals surface area (Å²) in [4.78, 5) is -0.0561. The Labute approximate surface area is 156 Å². The zero-order valence-electron chi connectivity index (χ0n) is 14.6. The minimum Gasteiger partial charge on any atom is -0.495 e. The van der Waals surface area contributed by atoms with E-state index < -0.39 is 15.8 Å². The van der Waals surface area contributed by atoms with E-state index in [1.54, 1.807) is 19.2 Å². The van der Waals surface area contributed by atoms with E-state index >= 15 is 0 Å². The number of aryl methyl sites for hydroxylation is 1. The molecule has 2 N–H and O–H groups in total. The predicted molar refractivity (Wildman–Crippen MR) is 100 cm³/mol. The van der Waals surface area contributed by atoms with Gasteiger partial charge in [-0.2, -0.15) is 0 Å². The molecule has 0 aliphatic heterocycles. The SMILES string of the molecule is COc1ccccc1Nc1ccc(NS(=O)(=O)c2ccc(F)c(C)c2)nn1. The van der Waals surface area contributed by atoms with Gasteiger partial charge in [0.05, 0.1) is 17.7 Å². The van der Waals surface area contributed by atoms with Crippen LogP contribution in [0.5, 0.6) is 5.75 Å². The third-order valence-electron chi connectivity index (χ3n) is 3.71. The minimum atomic E-state index is -3.89. The maximum absolute atomic E-state index is 13.3. The smallest absolute Gasteiger partial charge is 0.263 e. The predicted octanol–water partition coefficient (Wildman–Crippen LogP) is 3.48. The van der Waals surface area contributed by atoms with Gasteiger partial charge in [0.1, 0.15) is 11.6 Å². The van der Waals surface area contributed by atoms with E-state index in [0.29, 0.717) is 17.3 Å². The summed E-state index contributed by atoms with van der Waals surface area (Å²) in [6, 6.07) is 13.9. The zero-order valence-corrected chi connectivity index (χ0v) is 15.4. The maximum atomic E-state index is 13.3. The summed E-state index contributed by atoms with van der Waals surface area (Å²) < 4.78 is 45.7. The highest BCUT2D eigenvalue weighted by atomic mass is 32.2.